The lowest BCUT2D eigenvalue weighted by atomic mass is 10.0. The SMILES string of the molecule is Cc1ccc(-c2oc3cc(C)cc(C)c3c(=O)c2OCC(=O)Nc2cccc(Cl)c2Cl)cc1. The number of rotatable bonds is 5. The highest BCUT2D eigenvalue weighted by atomic mass is 35.5. The summed E-state index contributed by atoms with van der Waals surface area (Å²) in [6, 6.07) is 16.2. The second-order valence-corrected chi connectivity index (χ2v) is 8.63. The molecule has 1 aromatic heterocycles. The maximum Gasteiger partial charge on any atom is 0.262 e. The molecule has 0 unspecified atom stereocenters. The molecule has 168 valence electrons. The van der Waals surface area contributed by atoms with Gasteiger partial charge in [-0.1, -0.05) is 65.2 Å². The van der Waals surface area contributed by atoms with Crippen molar-refractivity contribution >= 4 is 45.8 Å². The van der Waals surface area contributed by atoms with Gasteiger partial charge in [-0.3, -0.25) is 9.59 Å². The molecule has 0 saturated heterocycles. The Kier molecular flexibility index (Phi) is 6.45. The topological polar surface area (TPSA) is 68.5 Å². The molecule has 5 nitrogen and oxygen atoms in total. The van der Waals surface area contributed by atoms with E-state index in [4.69, 9.17) is 32.4 Å². The van der Waals surface area contributed by atoms with Crippen molar-refractivity contribution in [3.8, 4) is 17.1 Å². The second kappa shape index (κ2) is 9.30. The number of benzene rings is 3. The molecule has 0 radical (unpaired) electrons. The molecule has 0 aliphatic rings. The molecular weight excluding hydrogens is 461 g/mol. The van der Waals surface area contributed by atoms with E-state index in [0.29, 0.717) is 27.2 Å². The Balaban J connectivity index is 1.73. The van der Waals surface area contributed by atoms with Gasteiger partial charge >= 0.3 is 0 Å². The third-order valence-corrected chi connectivity index (χ3v) is 6.00. The largest absolute Gasteiger partial charge is 0.476 e. The van der Waals surface area contributed by atoms with Crippen molar-refractivity contribution in [1.82, 2.24) is 0 Å². The highest BCUT2D eigenvalue weighted by molar-refractivity contribution is 6.44. The Morgan fingerprint density at radius 3 is 2.45 bits per heavy atom. The number of carbonyl (C=O) groups is 1. The minimum absolute atomic E-state index is 0.0225. The van der Waals surface area contributed by atoms with Crippen LogP contribution in [0.15, 0.2) is 63.8 Å². The minimum atomic E-state index is -0.492. The van der Waals surface area contributed by atoms with Gasteiger partial charge in [-0.25, -0.2) is 0 Å². The van der Waals surface area contributed by atoms with E-state index in [1.807, 2.05) is 57.2 Å². The fraction of sp³-hybridized carbons (Fsp3) is 0.154. The Labute approximate surface area is 200 Å². The molecule has 0 aliphatic heterocycles. The Hall–Kier alpha value is -3.28. The van der Waals surface area contributed by atoms with E-state index < -0.39 is 12.5 Å². The summed E-state index contributed by atoms with van der Waals surface area (Å²) in [6.07, 6.45) is 0. The third kappa shape index (κ3) is 4.75. The van der Waals surface area contributed by atoms with Crippen LogP contribution in [-0.2, 0) is 4.79 Å². The van der Waals surface area contributed by atoms with Crippen molar-refractivity contribution in [2.45, 2.75) is 20.8 Å². The zero-order valence-corrected chi connectivity index (χ0v) is 19.8. The molecule has 0 saturated carbocycles. The second-order valence-electron chi connectivity index (χ2n) is 7.85. The number of halogens is 2. The first-order chi connectivity index (χ1) is 15.7. The van der Waals surface area contributed by atoms with Crippen LogP contribution in [0.5, 0.6) is 5.75 Å². The fourth-order valence-electron chi connectivity index (χ4n) is 3.62. The predicted molar refractivity (Wildman–Crippen MR) is 133 cm³/mol. The van der Waals surface area contributed by atoms with Crippen LogP contribution in [0.3, 0.4) is 0 Å². The van der Waals surface area contributed by atoms with Crippen molar-refractivity contribution in [2.24, 2.45) is 0 Å². The van der Waals surface area contributed by atoms with Gasteiger partial charge in [0.05, 0.1) is 21.1 Å². The van der Waals surface area contributed by atoms with Gasteiger partial charge in [-0.05, 0) is 50.1 Å². The zero-order valence-electron chi connectivity index (χ0n) is 18.3. The van der Waals surface area contributed by atoms with Gasteiger partial charge in [0.25, 0.3) is 5.91 Å². The van der Waals surface area contributed by atoms with E-state index in [9.17, 15) is 9.59 Å². The van der Waals surface area contributed by atoms with Crippen molar-refractivity contribution in [1.29, 1.82) is 0 Å². The number of nitrogens with one attached hydrogen (secondary N) is 1. The van der Waals surface area contributed by atoms with E-state index in [1.54, 1.807) is 18.2 Å². The number of amides is 1. The van der Waals surface area contributed by atoms with Gasteiger partial charge in [-0.2, -0.15) is 0 Å². The van der Waals surface area contributed by atoms with E-state index in [-0.39, 0.29) is 22.0 Å². The monoisotopic (exact) mass is 481 g/mol. The molecule has 4 aromatic rings. The lowest BCUT2D eigenvalue weighted by molar-refractivity contribution is -0.118. The molecule has 0 spiro atoms. The van der Waals surface area contributed by atoms with Gasteiger partial charge in [0.2, 0.25) is 11.2 Å². The molecule has 0 atom stereocenters. The Morgan fingerprint density at radius 2 is 1.73 bits per heavy atom. The Morgan fingerprint density at radius 1 is 1.00 bits per heavy atom. The molecule has 7 heteroatoms. The highest BCUT2D eigenvalue weighted by Gasteiger charge is 2.20. The summed E-state index contributed by atoms with van der Waals surface area (Å²) in [7, 11) is 0. The summed E-state index contributed by atoms with van der Waals surface area (Å²) in [5, 5.41) is 3.62. The van der Waals surface area contributed by atoms with Crippen LogP contribution in [0.1, 0.15) is 16.7 Å². The number of aryl methyl sites for hydroxylation is 3. The van der Waals surface area contributed by atoms with Gasteiger partial charge in [0.15, 0.2) is 12.4 Å². The van der Waals surface area contributed by atoms with E-state index in [2.05, 4.69) is 5.32 Å². The lowest BCUT2D eigenvalue weighted by Gasteiger charge is -2.14. The van der Waals surface area contributed by atoms with Crippen molar-refractivity contribution in [3.05, 3.63) is 91.6 Å². The molecule has 3 aromatic carbocycles. The summed E-state index contributed by atoms with van der Waals surface area (Å²) >= 11 is 12.1. The first kappa shape index (κ1) is 22.9. The molecule has 0 aliphatic carbocycles. The fourth-order valence-corrected chi connectivity index (χ4v) is 3.97. The minimum Gasteiger partial charge on any atom is -0.476 e. The molecule has 33 heavy (non-hydrogen) atoms. The van der Waals surface area contributed by atoms with Gasteiger partial charge in [-0.15, -0.1) is 0 Å². The maximum absolute atomic E-state index is 13.4. The van der Waals surface area contributed by atoms with Crippen LogP contribution in [-0.4, -0.2) is 12.5 Å². The first-order valence-electron chi connectivity index (χ1n) is 10.3. The number of anilines is 1. The number of hydrogen-bond donors (Lipinski definition) is 1. The van der Waals surface area contributed by atoms with Crippen LogP contribution in [0.2, 0.25) is 10.0 Å². The highest BCUT2D eigenvalue weighted by Crippen LogP contribution is 2.33. The van der Waals surface area contributed by atoms with E-state index in [1.165, 1.54) is 0 Å². The summed E-state index contributed by atoms with van der Waals surface area (Å²) in [6.45, 7) is 5.34. The molecule has 0 bridgehead atoms. The summed E-state index contributed by atoms with van der Waals surface area (Å²) in [4.78, 5) is 26.0. The van der Waals surface area contributed by atoms with Crippen LogP contribution in [0.25, 0.3) is 22.3 Å². The first-order valence-corrected chi connectivity index (χ1v) is 11.0. The predicted octanol–water partition coefficient (Wildman–Crippen LogP) is 6.71. The summed E-state index contributed by atoms with van der Waals surface area (Å²) in [5.74, 6) is -0.245. The van der Waals surface area contributed by atoms with Gasteiger partial charge in [0, 0.05) is 5.56 Å². The van der Waals surface area contributed by atoms with Gasteiger partial charge in [0.1, 0.15) is 5.58 Å². The van der Waals surface area contributed by atoms with E-state index in [0.717, 1.165) is 16.7 Å². The lowest BCUT2D eigenvalue weighted by Crippen LogP contribution is -2.23. The van der Waals surface area contributed by atoms with Crippen molar-refractivity contribution in [2.75, 3.05) is 11.9 Å². The maximum atomic E-state index is 13.4. The number of hydrogen-bond acceptors (Lipinski definition) is 4. The van der Waals surface area contributed by atoms with Gasteiger partial charge < -0.3 is 14.5 Å². The van der Waals surface area contributed by atoms with Crippen LogP contribution in [0, 0.1) is 20.8 Å². The van der Waals surface area contributed by atoms with Crippen LogP contribution >= 0.6 is 23.2 Å². The smallest absolute Gasteiger partial charge is 0.262 e. The molecule has 1 heterocycles. The zero-order chi connectivity index (χ0) is 23.7. The summed E-state index contributed by atoms with van der Waals surface area (Å²) in [5.41, 5.74) is 3.97. The third-order valence-electron chi connectivity index (χ3n) is 5.18. The standard InChI is InChI=1S/C26H21Cl2NO4/c1-14-7-9-17(10-8-14)25-26(24(31)22-16(3)11-15(2)12-20(22)33-25)32-13-21(30)29-19-6-4-5-18(27)23(19)28/h4-12H,13H2,1-3H3,(H,29,30). The van der Waals surface area contributed by atoms with Crippen molar-refractivity contribution < 1.29 is 13.9 Å². The quantitative estimate of drug-likeness (QED) is 0.343. The van der Waals surface area contributed by atoms with Crippen molar-refractivity contribution in [3.63, 3.8) is 0 Å². The molecule has 4 rings (SSSR count). The normalized spacial score (nSPS) is 10.9. The molecule has 1 N–H and O–H groups in total. The number of carbonyl (C=O) groups excluding carboxylic acids is 1. The average molecular weight is 482 g/mol. The number of ether oxygens (including phenoxy) is 1. The average Bonchev–Trinajstić information content (AvgIpc) is 2.76. The van der Waals surface area contributed by atoms with Crippen LogP contribution < -0.4 is 15.5 Å². The van der Waals surface area contributed by atoms with Crippen LogP contribution in [0.4, 0.5) is 5.69 Å². The molecule has 1 amide bonds. The Bertz CT molecular complexity index is 1430. The summed E-state index contributed by atoms with van der Waals surface area (Å²) < 4.78 is 11.9. The molecule has 0 fully saturated rings. The molecular formula is C26H21Cl2NO4. The number of fused-ring (bicyclic) bond motifs is 1. The van der Waals surface area contributed by atoms with E-state index >= 15 is 0 Å².